The van der Waals surface area contributed by atoms with Gasteiger partial charge in [-0.3, -0.25) is 4.79 Å². The number of imidazole rings is 1. The van der Waals surface area contributed by atoms with Crippen molar-refractivity contribution in [2.75, 3.05) is 5.32 Å². The van der Waals surface area contributed by atoms with Gasteiger partial charge < -0.3 is 9.88 Å². The van der Waals surface area contributed by atoms with Crippen LogP contribution in [0.4, 0.5) is 10.1 Å². The summed E-state index contributed by atoms with van der Waals surface area (Å²) in [5, 5.41) is 2.84. The van der Waals surface area contributed by atoms with Crippen LogP contribution >= 0.6 is 0 Å². The molecule has 1 N–H and O–H groups in total. The number of carbonyl (C=O) groups is 1. The SMILES string of the molecule is CC(C)=C[C@@H]1[C@H](C(=O)Nc2ccc(-n3ccnc3)c(F)c2)C1(C)C. The highest BCUT2D eigenvalue weighted by molar-refractivity contribution is 5.95. The van der Waals surface area contributed by atoms with Crippen LogP contribution in [0.5, 0.6) is 0 Å². The summed E-state index contributed by atoms with van der Waals surface area (Å²) in [6, 6.07) is 4.69. The van der Waals surface area contributed by atoms with Crippen molar-refractivity contribution in [3.05, 3.63) is 54.4 Å². The van der Waals surface area contributed by atoms with Gasteiger partial charge in [-0.05, 0) is 43.4 Å². The first-order valence-corrected chi connectivity index (χ1v) is 8.04. The summed E-state index contributed by atoms with van der Waals surface area (Å²) in [6.45, 7) is 8.25. The second kappa shape index (κ2) is 5.89. The summed E-state index contributed by atoms with van der Waals surface area (Å²) in [6.07, 6.45) is 6.95. The third kappa shape index (κ3) is 2.98. The van der Waals surface area contributed by atoms with Crippen LogP contribution in [-0.4, -0.2) is 15.5 Å². The van der Waals surface area contributed by atoms with Crippen molar-refractivity contribution >= 4 is 11.6 Å². The normalized spacial score (nSPS) is 21.2. The lowest BCUT2D eigenvalue weighted by molar-refractivity contribution is -0.118. The second-order valence-corrected chi connectivity index (χ2v) is 7.19. The van der Waals surface area contributed by atoms with E-state index in [0.29, 0.717) is 11.4 Å². The number of benzene rings is 1. The molecule has 1 saturated carbocycles. The standard InChI is InChI=1S/C19H22FN3O/c1-12(2)9-14-17(19(14,3)4)18(24)22-13-5-6-16(15(20)10-13)23-8-7-21-11-23/h5-11,14,17H,1-4H3,(H,22,24)/t14-,17-/m1/s1. The predicted molar refractivity (Wildman–Crippen MR) is 92.3 cm³/mol. The van der Waals surface area contributed by atoms with Crippen LogP contribution in [0.15, 0.2) is 48.6 Å². The van der Waals surface area contributed by atoms with Crippen molar-refractivity contribution in [2.45, 2.75) is 27.7 Å². The quantitative estimate of drug-likeness (QED) is 0.856. The Balaban J connectivity index is 1.74. The summed E-state index contributed by atoms with van der Waals surface area (Å²) in [4.78, 5) is 16.4. The van der Waals surface area contributed by atoms with Crippen molar-refractivity contribution in [1.29, 1.82) is 0 Å². The monoisotopic (exact) mass is 327 g/mol. The van der Waals surface area contributed by atoms with Crippen molar-refractivity contribution in [3.63, 3.8) is 0 Å². The number of hydrogen-bond acceptors (Lipinski definition) is 2. The molecular formula is C19H22FN3O. The van der Waals surface area contributed by atoms with E-state index in [9.17, 15) is 9.18 Å². The second-order valence-electron chi connectivity index (χ2n) is 7.19. The van der Waals surface area contributed by atoms with Gasteiger partial charge >= 0.3 is 0 Å². The molecule has 126 valence electrons. The molecule has 24 heavy (non-hydrogen) atoms. The fourth-order valence-electron chi connectivity index (χ4n) is 3.26. The van der Waals surface area contributed by atoms with E-state index in [1.165, 1.54) is 18.0 Å². The predicted octanol–water partition coefficient (Wildman–Crippen LogP) is 4.19. The summed E-state index contributed by atoms with van der Waals surface area (Å²) >= 11 is 0. The average molecular weight is 327 g/mol. The minimum absolute atomic E-state index is 0.0581. The van der Waals surface area contributed by atoms with Gasteiger partial charge in [0.05, 0.1) is 17.9 Å². The van der Waals surface area contributed by atoms with Gasteiger partial charge in [0.15, 0.2) is 0 Å². The van der Waals surface area contributed by atoms with Gasteiger partial charge in [0, 0.05) is 18.1 Å². The van der Waals surface area contributed by atoms with Crippen LogP contribution in [0.25, 0.3) is 5.69 Å². The van der Waals surface area contributed by atoms with Crippen LogP contribution in [0.2, 0.25) is 0 Å². The van der Waals surface area contributed by atoms with Crippen molar-refractivity contribution in [1.82, 2.24) is 9.55 Å². The highest BCUT2D eigenvalue weighted by Gasteiger charge is 2.60. The topological polar surface area (TPSA) is 46.9 Å². The molecule has 0 spiro atoms. The molecular weight excluding hydrogens is 305 g/mol. The first kappa shape index (κ1) is 16.4. The number of amides is 1. The van der Waals surface area contributed by atoms with E-state index in [-0.39, 0.29) is 23.2 Å². The average Bonchev–Trinajstić information content (AvgIpc) is 2.88. The number of nitrogens with zero attached hydrogens (tertiary/aromatic N) is 2. The highest BCUT2D eigenvalue weighted by Crippen LogP contribution is 2.59. The van der Waals surface area contributed by atoms with Crippen LogP contribution in [-0.2, 0) is 4.79 Å². The lowest BCUT2D eigenvalue weighted by atomic mass is 10.1. The number of carbonyl (C=O) groups excluding carboxylic acids is 1. The summed E-state index contributed by atoms with van der Waals surface area (Å²) < 4.78 is 15.9. The van der Waals surface area contributed by atoms with Gasteiger partial charge in [0.2, 0.25) is 5.91 Å². The molecule has 0 aliphatic heterocycles. The number of rotatable bonds is 4. The van der Waals surface area contributed by atoms with Crippen molar-refractivity contribution in [3.8, 4) is 5.69 Å². The number of anilines is 1. The number of aromatic nitrogens is 2. The summed E-state index contributed by atoms with van der Waals surface area (Å²) in [5.74, 6) is -0.305. The van der Waals surface area contributed by atoms with Crippen LogP contribution in [0, 0.1) is 23.1 Å². The Morgan fingerprint density at radius 1 is 1.38 bits per heavy atom. The Hall–Kier alpha value is -2.43. The first-order chi connectivity index (χ1) is 11.3. The van der Waals surface area contributed by atoms with Crippen molar-refractivity contribution in [2.24, 2.45) is 17.3 Å². The lowest BCUT2D eigenvalue weighted by Gasteiger charge is -2.09. The Kier molecular flexibility index (Phi) is 4.03. The third-order valence-corrected chi connectivity index (χ3v) is 4.70. The molecule has 2 atom stereocenters. The van der Waals surface area contributed by atoms with Gasteiger partial charge in [-0.1, -0.05) is 25.5 Å². The van der Waals surface area contributed by atoms with E-state index in [1.54, 1.807) is 29.1 Å². The smallest absolute Gasteiger partial charge is 0.228 e. The highest BCUT2D eigenvalue weighted by atomic mass is 19.1. The maximum absolute atomic E-state index is 14.3. The van der Waals surface area contributed by atoms with Gasteiger partial charge in [-0.25, -0.2) is 9.37 Å². The molecule has 1 aliphatic carbocycles. The number of allylic oxidation sites excluding steroid dienone is 2. The molecule has 2 aromatic rings. The molecule has 1 amide bonds. The molecule has 4 nitrogen and oxygen atoms in total. The van der Waals surface area contributed by atoms with E-state index in [4.69, 9.17) is 0 Å². The van der Waals surface area contributed by atoms with E-state index in [2.05, 4.69) is 30.2 Å². The van der Waals surface area contributed by atoms with Crippen LogP contribution in [0.1, 0.15) is 27.7 Å². The van der Waals surface area contributed by atoms with Crippen LogP contribution in [0.3, 0.4) is 0 Å². The molecule has 0 unspecified atom stereocenters. The van der Waals surface area contributed by atoms with E-state index >= 15 is 0 Å². The molecule has 5 heteroatoms. The van der Waals surface area contributed by atoms with Crippen LogP contribution < -0.4 is 5.32 Å². The van der Waals surface area contributed by atoms with E-state index < -0.39 is 5.82 Å². The molecule has 0 bridgehead atoms. The molecule has 0 radical (unpaired) electrons. The molecule has 0 saturated heterocycles. The number of nitrogens with one attached hydrogen (secondary N) is 1. The zero-order valence-electron chi connectivity index (χ0n) is 14.4. The molecule has 1 heterocycles. The Morgan fingerprint density at radius 2 is 2.12 bits per heavy atom. The van der Waals surface area contributed by atoms with Gasteiger partial charge in [-0.15, -0.1) is 0 Å². The number of hydrogen-bond donors (Lipinski definition) is 1. The van der Waals surface area contributed by atoms with E-state index in [0.717, 1.165) is 0 Å². The molecule has 3 rings (SSSR count). The third-order valence-electron chi connectivity index (χ3n) is 4.70. The Labute approximate surface area is 141 Å². The Bertz CT molecular complexity index is 789. The molecule has 1 fully saturated rings. The Morgan fingerprint density at radius 3 is 2.71 bits per heavy atom. The summed E-state index contributed by atoms with van der Waals surface area (Å²) in [7, 11) is 0. The maximum Gasteiger partial charge on any atom is 0.228 e. The zero-order valence-corrected chi connectivity index (χ0v) is 14.4. The van der Waals surface area contributed by atoms with Gasteiger partial charge in [-0.2, -0.15) is 0 Å². The largest absolute Gasteiger partial charge is 0.326 e. The fraction of sp³-hybridized carbons (Fsp3) is 0.368. The van der Waals surface area contributed by atoms with E-state index in [1.807, 2.05) is 13.8 Å². The minimum Gasteiger partial charge on any atom is -0.326 e. The van der Waals surface area contributed by atoms with Gasteiger partial charge in [0.1, 0.15) is 5.82 Å². The number of halogens is 1. The zero-order chi connectivity index (χ0) is 17.5. The molecule has 1 aromatic heterocycles. The minimum atomic E-state index is -0.401. The fourth-order valence-corrected chi connectivity index (χ4v) is 3.26. The maximum atomic E-state index is 14.3. The first-order valence-electron chi connectivity index (χ1n) is 8.04. The lowest BCUT2D eigenvalue weighted by Crippen LogP contribution is -2.17. The van der Waals surface area contributed by atoms with Gasteiger partial charge in [0.25, 0.3) is 0 Å². The molecule has 1 aliphatic rings. The molecule has 1 aromatic carbocycles. The summed E-state index contributed by atoms with van der Waals surface area (Å²) in [5.41, 5.74) is 2.02. The van der Waals surface area contributed by atoms with Crippen molar-refractivity contribution < 1.29 is 9.18 Å².